The van der Waals surface area contributed by atoms with E-state index in [0.717, 1.165) is 69.4 Å². The monoisotopic (exact) mass is 503 g/mol. The number of nitrogens with zero attached hydrogens (tertiary/aromatic N) is 5. The van der Waals surface area contributed by atoms with Gasteiger partial charge in [-0.15, -0.1) is 0 Å². The van der Waals surface area contributed by atoms with E-state index in [1.54, 1.807) is 6.07 Å². The lowest BCUT2D eigenvalue weighted by Crippen LogP contribution is -2.34. The highest BCUT2D eigenvalue weighted by atomic mass is 32.2. The first-order valence-corrected chi connectivity index (χ1v) is 13.3. The molecule has 1 amide bonds. The molecule has 0 saturated heterocycles. The Bertz CT molecular complexity index is 1460. The Kier molecular flexibility index (Phi) is 6.68. The third kappa shape index (κ3) is 4.68. The van der Waals surface area contributed by atoms with Crippen LogP contribution in [-0.4, -0.2) is 34.2 Å². The molecule has 1 aliphatic carbocycles. The molecule has 0 radical (unpaired) electrons. The highest BCUT2D eigenvalue weighted by Gasteiger charge is 2.38. The number of carbonyl (C=O) groups excluding carboxylic acids is 1. The molecule has 0 spiro atoms. The number of fused-ring (bicyclic) bond motifs is 1. The number of rotatable bonds is 8. The zero-order chi connectivity index (χ0) is 25.4. The van der Waals surface area contributed by atoms with Gasteiger partial charge >= 0.3 is 0 Å². The summed E-state index contributed by atoms with van der Waals surface area (Å²) in [5.41, 5.74) is 6.46. The summed E-state index contributed by atoms with van der Waals surface area (Å²) < 4.78 is 25.1. The van der Waals surface area contributed by atoms with E-state index >= 15 is 0 Å². The van der Waals surface area contributed by atoms with Crippen LogP contribution in [0.4, 0.5) is 5.82 Å². The summed E-state index contributed by atoms with van der Waals surface area (Å²) in [4.78, 5) is 26.7. The number of hydrogen-bond donors (Lipinski definition) is 1. The van der Waals surface area contributed by atoms with Crippen molar-refractivity contribution >= 4 is 34.2 Å². The minimum Gasteiger partial charge on any atom is -0.308 e. The first-order chi connectivity index (χ1) is 17.4. The van der Waals surface area contributed by atoms with Crippen LogP contribution in [0.5, 0.6) is 0 Å². The van der Waals surface area contributed by atoms with Crippen LogP contribution in [0.3, 0.4) is 0 Å². The maximum atomic E-state index is 12.7. The van der Waals surface area contributed by atoms with Crippen molar-refractivity contribution in [3.05, 3.63) is 71.3 Å². The fourth-order valence-electron chi connectivity index (χ4n) is 4.54. The standard InChI is InChI=1S/C27H29N5O3S/c1-4-6-23-30-24-17(2)15-18(3)29-26(24)31(23)16-19-8-10-20(11-9-19)22-7-5-14-28-25(22)32(36(34)35)27(33)21-12-13-21/h5,7-11,14-15,21H,4,6,12-13,16H2,1-3H3,(H,34,35). The van der Waals surface area contributed by atoms with Crippen molar-refractivity contribution < 1.29 is 13.6 Å². The largest absolute Gasteiger partial charge is 0.308 e. The van der Waals surface area contributed by atoms with Gasteiger partial charge in [0, 0.05) is 29.8 Å². The number of amides is 1. The summed E-state index contributed by atoms with van der Waals surface area (Å²) in [6.45, 7) is 6.85. The summed E-state index contributed by atoms with van der Waals surface area (Å²) in [5.74, 6) is 0.651. The minimum atomic E-state index is -2.49. The molecule has 36 heavy (non-hydrogen) atoms. The lowest BCUT2D eigenvalue weighted by molar-refractivity contribution is -0.118. The molecule has 3 aromatic heterocycles. The maximum absolute atomic E-state index is 12.7. The van der Waals surface area contributed by atoms with E-state index in [1.807, 2.05) is 37.3 Å². The van der Waals surface area contributed by atoms with Crippen LogP contribution in [0.2, 0.25) is 0 Å². The van der Waals surface area contributed by atoms with Crippen LogP contribution >= 0.6 is 0 Å². The van der Waals surface area contributed by atoms with Gasteiger partial charge in [0.2, 0.25) is 5.91 Å². The van der Waals surface area contributed by atoms with Gasteiger partial charge in [-0.25, -0.2) is 19.2 Å². The molecular formula is C27H29N5O3S. The molecule has 1 N–H and O–H groups in total. The van der Waals surface area contributed by atoms with E-state index in [0.29, 0.717) is 12.1 Å². The first kappa shape index (κ1) is 24.3. The minimum absolute atomic E-state index is 0.198. The van der Waals surface area contributed by atoms with Crippen LogP contribution in [-0.2, 0) is 29.0 Å². The molecule has 1 fully saturated rings. The van der Waals surface area contributed by atoms with Crippen LogP contribution in [0, 0.1) is 19.8 Å². The molecule has 9 heteroatoms. The zero-order valence-electron chi connectivity index (χ0n) is 20.6. The van der Waals surface area contributed by atoms with E-state index in [-0.39, 0.29) is 17.6 Å². The third-order valence-electron chi connectivity index (χ3n) is 6.44. The second-order valence-corrected chi connectivity index (χ2v) is 10.2. The summed E-state index contributed by atoms with van der Waals surface area (Å²) in [5, 5.41) is 0. The van der Waals surface area contributed by atoms with Gasteiger partial charge < -0.3 is 4.57 Å². The quantitative estimate of drug-likeness (QED) is 0.340. The number of benzene rings is 1. The van der Waals surface area contributed by atoms with Crippen molar-refractivity contribution in [3.63, 3.8) is 0 Å². The summed E-state index contributed by atoms with van der Waals surface area (Å²) in [6, 6.07) is 13.6. The van der Waals surface area contributed by atoms with Crippen molar-refractivity contribution in [1.29, 1.82) is 0 Å². The number of hydrogen-bond acceptors (Lipinski definition) is 5. The predicted octanol–water partition coefficient (Wildman–Crippen LogP) is 4.99. The summed E-state index contributed by atoms with van der Waals surface area (Å²) in [7, 11) is 0. The van der Waals surface area contributed by atoms with E-state index in [9.17, 15) is 13.6 Å². The van der Waals surface area contributed by atoms with E-state index in [4.69, 9.17) is 9.97 Å². The van der Waals surface area contributed by atoms with Crippen LogP contribution < -0.4 is 4.31 Å². The maximum Gasteiger partial charge on any atom is 0.270 e. The van der Waals surface area contributed by atoms with Gasteiger partial charge in [-0.1, -0.05) is 31.2 Å². The lowest BCUT2D eigenvalue weighted by Gasteiger charge is -2.20. The third-order valence-corrected chi connectivity index (χ3v) is 7.11. The Morgan fingerprint density at radius 2 is 1.92 bits per heavy atom. The molecule has 1 aromatic carbocycles. The Balaban J connectivity index is 1.49. The first-order valence-electron chi connectivity index (χ1n) is 12.2. The number of pyridine rings is 2. The van der Waals surface area contributed by atoms with Crippen LogP contribution in [0.25, 0.3) is 22.3 Å². The van der Waals surface area contributed by atoms with Gasteiger partial charge in [-0.3, -0.25) is 9.35 Å². The average Bonchev–Trinajstić information content (AvgIpc) is 3.65. The van der Waals surface area contributed by atoms with Gasteiger partial charge in [-0.05, 0) is 68.0 Å². The number of anilines is 1. The highest BCUT2D eigenvalue weighted by molar-refractivity contribution is 7.81. The second kappa shape index (κ2) is 9.91. The number of aryl methyl sites for hydroxylation is 3. The zero-order valence-corrected chi connectivity index (χ0v) is 21.5. The van der Waals surface area contributed by atoms with Gasteiger partial charge in [0.1, 0.15) is 11.3 Å². The molecule has 4 aromatic rings. The van der Waals surface area contributed by atoms with Gasteiger partial charge in [-0.2, -0.15) is 4.31 Å². The summed E-state index contributed by atoms with van der Waals surface area (Å²) in [6.07, 6.45) is 4.87. The fraction of sp³-hybridized carbons (Fsp3) is 0.333. The van der Waals surface area contributed by atoms with E-state index in [2.05, 4.69) is 29.5 Å². The molecule has 0 aliphatic heterocycles. The molecule has 1 saturated carbocycles. The SMILES string of the molecule is CCCc1nc2c(C)cc(C)nc2n1Cc1ccc(-c2cccnc2N(C(=O)C2CC2)S(=O)O)cc1. The van der Waals surface area contributed by atoms with Crippen LogP contribution in [0.1, 0.15) is 48.8 Å². The normalized spacial score (nSPS) is 14.2. The van der Waals surface area contributed by atoms with Crippen molar-refractivity contribution in [2.24, 2.45) is 5.92 Å². The molecule has 1 unspecified atom stereocenters. The van der Waals surface area contributed by atoms with Crippen molar-refractivity contribution in [3.8, 4) is 11.1 Å². The molecule has 1 atom stereocenters. The molecule has 8 nitrogen and oxygen atoms in total. The van der Waals surface area contributed by atoms with Gasteiger partial charge in [0.25, 0.3) is 11.3 Å². The second-order valence-electron chi connectivity index (χ2n) is 9.33. The Morgan fingerprint density at radius 1 is 1.17 bits per heavy atom. The van der Waals surface area contributed by atoms with E-state index in [1.165, 1.54) is 6.20 Å². The number of aromatic nitrogens is 4. The highest BCUT2D eigenvalue weighted by Crippen LogP contribution is 2.36. The molecule has 3 heterocycles. The van der Waals surface area contributed by atoms with E-state index < -0.39 is 11.3 Å². The molecule has 1 aliphatic rings. The van der Waals surface area contributed by atoms with Gasteiger partial charge in [0.05, 0.1) is 6.54 Å². The Morgan fingerprint density at radius 3 is 2.58 bits per heavy atom. The number of carbonyl (C=O) groups is 1. The van der Waals surface area contributed by atoms with Crippen molar-refractivity contribution in [1.82, 2.24) is 19.5 Å². The van der Waals surface area contributed by atoms with Crippen molar-refractivity contribution in [2.45, 2.75) is 53.0 Å². The summed E-state index contributed by atoms with van der Waals surface area (Å²) >= 11 is -2.49. The average molecular weight is 504 g/mol. The smallest absolute Gasteiger partial charge is 0.270 e. The molecule has 186 valence electrons. The predicted molar refractivity (Wildman–Crippen MR) is 141 cm³/mol. The topological polar surface area (TPSA) is 101 Å². The van der Waals surface area contributed by atoms with Crippen molar-refractivity contribution in [2.75, 3.05) is 4.31 Å². The molecular weight excluding hydrogens is 474 g/mol. The van der Waals surface area contributed by atoms with Crippen LogP contribution in [0.15, 0.2) is 48.7 Å². The molecule has 0 bridgehead atoms. The van der Waals surface area contributed by atoms with Gasteiger partial charge in [0.15, 0.2) is 11.5 Å². The Hall–Kier alpha value is -3.43. The molecule has 5 rings (SSSR count). The Labute approximate surface area is 212 Å². The fourth-order valence-corrected chi connectivity index (χ4v) is 5.13. The lowest BCUT2D eigenvalue weighted by atomic mass is 10.0. The number of imidazole rings is 1.